The van der Waals surface area contributed by atoms with Gasteiger partial charge in [-0.3, -0.25) is 9.59 Å². The van der Waals surface area contributed by atoms with Crippen LogP contribution in [0.2, 0.25) is 0 Å². The highest BCUT2D eigenvalue weighted by molar-refractivity contribution is 6.04. The standard InChI is InChI=1S/C24H22N6O2/c1-28(16-19-13-25-21-9-5-6-10-29(19)21)24(32)18-11-20-23(26-12-18)27-14-22(31)30(20)15-17-7-3-2-4-8-17/h2-13H,14-16H2,1H3,(H,26,27). The largest absolute Gasteiger partial charge is 0.359 e. The number of rotatable bonds is 5. The van der Waals surface area contributed by atoms with Crippen LogP contribution in [0, 0.1) is 0 Å². The summed E-state index contributed by atoms with van der Waals surface area (Å²) in [6.07, 6.45) is 5.25. The predicted octanol–water partition coefficient (Wildman–Crippen LogP) is 2.96. The minimum atomic E-state index is -0.177. The Morgan fingerprint density at radius 2 is 1.91 bits per heavy atom. The summed E-state index contributed by atoms with van der Waals surface area (Å²) >= 11 is 0. The maximum atomic E-state index is 13.2. The van der Waals surface area contributed by atoms with Crippen LogP contribution in [-0.2, 0) is 17.9 Å². The highest BCUT2D eigenvalue weighted by Gasteiger charge is 2.27. The molecule has 0 atom stereocenters. The van der Waals surface area contributed by atoms with Crippen molar-refractivity contribution in [1.29, 1.82) is 0 Å². The smallest absolute Gasteiger partial charge is 0.255 e. The summed E-state index contributed by atoms with van der Waals surface area (Å²) in [6.45, 7) is 0.992. The molecule has 8 heteroatoms. The number of carbonyl (C=O) groups is 2. The fourth-order valence-electron chi connectivity index (χ4n) is 3.88. The Bertz CT molecular complexity index is 1300. The van der Waals surface area contributed by atoms with Gasteiger partial charge in [0.1, 0.15) is 5.65 Å². The second kappa shape index (κ2) is 8.14. The highest BCUT2D eigenvalue weighted by atomic mass is 16.2. The van der Waals surface area contributed by atoms with Gasteiger partial charge in [0.25, 0.3) is 5.91 Å². The van der Waals surface area contributed by atoms with Crippen molar-refractivity contribution < 1.29 is 9.59 Å². The molecule has 1 aromatic carbocycles. The van der Waals surface area contributed by atoms with E-state index in [-0.39, 0.29) is 18.4 Å². The quantitative estimate of drug-likeness (QED) is 0.531. The van der Waals surface area contributed by atoms with Gasteiger partial charge in [0.05, 0.1) is 42.8 Å². The number of anilines is 2. The molecule has 32 heavy (non-hydrogen) atoms. The minimum absolute atomic E-state index is 0.0631. The molecule has 0 unspecified atom stereocenters. The van der Waals surface area contributed by atoms with E-state index >= 15 is 0 Å². The van der Waals surface area contributed by atoms with Crippen molar-refractivity contribution >= 4 is 29.0 Å². The summed E-state index contributed by atoms with van der Waals surface area (Å²) in [5.74, 6) is 0.359. The molecular formula is C24H22N6O2. The molecule has 5 rings (SSSR count). The van der Waals surface area contributed by atoms with E-state index < -0.39 is 0 Å². The lowest BCUT2D eigenvalue weighted by molar-refractivity contribution is -0.117. The number of hydrogen-bond donors (Lipinski definition) is 1. The van der Waals surface area contributed by atoms with Gasteiger partial charge in [-0.15, -0.1) is 0 Å². The maximum Gasteiger partial charge on any atom is 0.255 e. The fourth-order valence-corrected chi connectivity index (χ4v) is 3.88. The summed E-state index contributed by atoms with van der Waals surface area (Å²) < 4.78 is 1.96. The molecule has 2 amide bonds. The zero-order valence-corrected chi connectivity index (χ0v) is 17.6. The predicted molar refractivity (Wildman–Crippen MR) is 121 cm³/mol. The number of fused-ring (bicyclic) bond motifs is 2. The first-order chi connectivity index (χ1) is 15.6. The van der Waals surface area contributed by atoms with Gasteiger partial charge in [-0.05, 0) is 23.8 Å². The molecule has 0 saturated heterocycles. The number of amides is 2. The van der Waals surface area contributed by atoms with Crippen molar-refractivity contribution in [2.45, 2.75) is 13.1 Å². The molecule has 0 bridgehead atoms. The van der Waals surface area contributed by atoms with Crippen LogP contribution in [0.25, 0.3) is 5.65 Å². The number of nitrogens with zero attached hydrogens (tertiary/aromatic N) is 5. The zero-order valence-electron chi connectivity index (χ0n) is 17.6. The van der Waals surface area contributed by atoms with Crippen LogP contribution >= 0.6 is 0 Å². The molecule has 3 aromatic heterocycles. The van der Waals surface area contributed by atoms with E-state index in [2.05, 4.69) is 15.3 Å². The summed E-state index contributed by atoms with van der Waals surface area (Å²) in [5, 5.41) is 3.04. The first-order valence-electron chi connectivity index (χ1n) is 10.3. The number of aromatic nitrogens is 3. The average molecular weight is 426 g/mol. The van der Waals surface area contributed by atoms with Gasteiger partial charge in [-0.2, -0.15) is 0 Å². The van der Waals surface area contributed by atoms with E-state index in [9.17, 15) is 9.59 Å². The molecule has 0 aliphatic carbocycles. The van der Waals surface area contributed by atoms with E-state index in [1.807, 2.05) is 59.1 Å². The van der Waals surface area contributed by atoms with Gasteiger partial charge in [0.15, 0.2) is 5.82 Å². The molecule has 0 saturated carbocycles. The van der Waals surface area contributed by atoms with E-state index in [0.717, 1.165) is 16.9 Å². The molecule has 8 nitrogen and oxygen atoms in total. The summed E-state index contributed by atoms with van der Waals surface area (Å²) in [7, 11) is 1.75. The van der Waals surface area contributed by atoms with E-state index in [1.54, 1.807) is 35.3 Å². The Morgan fingerprint density at radius 1 is 1.09 bits per heavy atom. The van der Waals surface area contributed by atoms with Crippen LogP contribution in [0.5, 0.6) is 0 Å². The van der Waals surface area contributed by atoms with Gasteiger partial charge in [0, 0.05) is 19.4 Å². The third-order valence-electron chi connectivity index (χ3n) is 5.54. The van der Waals surface area contributed by atoms with E-state index in [0.29, 0.717) is 30.2 Å². The summed E-state index contributed by atoms with van der Waals surface area (Å²) in [5.41, 5.74) is 3.79. The average Bonchev–Trinajstić information content (AvgIpc) is 3.23. The molecular weight excluding hydrogens is 404 g/mol. The number of pyridine rings is 2. The highest BCUT2D eigenvalue weighted by Crippen LogP contribution is 2.30. The maximum absolute atomic E-state index is 13.2. The molecule has 1 aliphatic rings. The van der Waals surface area contributed by atoms with Gasteiger partial charge in [0.2, 0.25) is 5.91 Å². The Kier molecular flexibility index (Phi) is 5.03. The van der Waals surface area contributed by atoms with Crippen molar-refractivity contribution in [3.8, 4) is 0 Å². The molecule has 4 aromatic rings. The molecule has 0 fully saturated rings. The van der Waals surface area contributed by atoms with Crippen molar-refractivity contribution in [1.82, 2.24) is 19.3 Å². The number of benzene rings is 1. The van der Waals surface area contributed by atoms with E-state index in [1.165, 1.54) is 0 Å². The Balaban J connectivity index is 1.40. The second-order valence-corrected chi connectivity index (χ2v) is 7.75. The van der Waals surface area contributed by atoms with Gasteiger partial charge in [-0.25, -0.2) is 9.97 Å². The van der Waals surface area contributed by atoms with Crippen LogP contribution in [-0.4, -0.2) is 44.7 Å². The lowest BCUT2D eigenvalue weighted by Crippen LogP contribution is -2.40. The zero-order chi connectivity index (χ0) is 22.1. The third kappa shape index (κ3) is 3.66. The minimum Gasteiger partial charge on any atom is -0.359 e. The van der Waals surface area contributed by atoms with Crippen LogP contribution in [0.15, 0.2) is 73.2 Å². The van der Waals surface area contributed by atoms with Gasteiger partial charge in [-0.1, -0.05) is 36.4 Å². The normalized spacial score (nSPS) is 13.0. The molecule has 1 N–H and O–H groups in total. The van der Waals surface area contributed by atoms with Crippen LogP contribution in [0.4, 0.5) is 11.5 Å². The van der Waals surface area contributed by atoms with Crippen LogP contribution in [0.1, 0.15) is 21.6 Å². The summed E-state index contributed by atoms with van der Waals surface area (Å²) in [6, 6.07) is 17.3. The third-order valence-corrected chi connectivity index (χ3v) is 5.54. The number of carbonyl (C=O) groups excluding carboxylic acids is 2. The number of nitrogens with one attached hydrogen (secondary N) is 1. The Morgan fingerprint density at radius 3 is 2.75 bits per heavy atom. The lowest BCUT2D eigenvalue weighted by atomic mass is 10.1. The SMILES string of the molecule is CN(Cc1cnc2ccccn12)C(=O)c1cnc2c(c1)N(Cc1ccccc1)C(=O)CN2. The van der Waals surface area contributed by atoms with Crippen molar-refractivity contribution in [2.75, 3.05) is 23.8 Å². The summed E-state index contributed by atoms with van der Waals surface area (Å²) in [4.78, 5) is 37.9. The van der Waals surface area contributed by atoms with Gasteiger partial charge >= 0.3 is 0 Å². The van der Waals surface area contributed by atoms with Crippen molar-refractivity contribution in [3.05, 3.63) is 90.0 Å². The van der Waals surface area contributed by atoms with Crippen LogP contribution in [0.3, 0.4) is 0 Å². The molecule has 0 spiro atoms. The van der Waals surface area contributed by atoms with Crippen LogP contribution < -0.4 is 10.2 Å². The fraction of sp³-hybridized carbons (Fsp3) is 0.167. The number of hydrogen-bond acceptors (Lipinski definition) is 5. The topological polar surface area (TPSA) is 82.8 Å². The van der Waals surface area contributed by atoms with E-state index in [4.69, 9.17) is 0 Å². The number of imidazole rings is 1. The Labute approximate surface area is 185 Å². The van der Waals surface area contributed by atoms with Gasteiger partial charge < -0.3 is 19.5 Å². The molecule has 0 radical (unpaired) electrons. The first-order valence-corrected chi connectivity index (χ1v) is 10.3. The molecule has 4 heterocycles. The molecule has 1 aliphatic heterocycles. The monoisotopic (exact) mass is 426 g/mol. The second-order valence-electron chi connectivity index (χ2n) is 7.75. The first kappa shape index (κ1) is 19.7. The lowest BCUT2D eigenvalue weighted by Gasteiger charge is -2.30. The molecule has 160 valence electrons. The Hall–Kier alpha value is -4.20. The van der Waals surface area contributed by atoms with Crippen molar-refractivity contribution in [3.63, 3.8) is 0 Å². The van der Waals surface area contributed by atoms with Crippen molar-refractivity contribution in [2.24, 2.45) is 0 Å².